The highest BCUT2D eigenvalue weighted by atomic mass is 32.1. The van der Waals surface area contributed by atoms with E-state index in [1.807, 2.05) is 6.07 Å². The summed E-state index contributed by atoms with van der Waals surface area (Å²) in [6.07, 6.45) is 2.72. The summed E-state index contributed by atoms with van der Waals surface area (Å²) < 4.78 is 0. The van der Waals surface area contributed by atoms with Gasteiger partial charge in [-0.3, -0.25) is 4.90 Å². The van der Waals surface area contributed by atoms with E-state index in [1.165, 1.54) is 24.0 Å². The number of thiocarbonyl (C=S) groups is 1. The van der Waals surface area contributed by atoms with Crippen LogP contribution in [0.15, 0.2) is 18.2 Å². The van der Waals surface area contributed by atoms with Gasteiger partial charge in [0, 0.05) is 18.2 Å². The van der Waals surface area contributed by atoms with Gasteiger partial charge in [0.2, 0.25) is 0 Å². The van der Waals surface area contributed by atoms with Gasteiger partial charge in [0.1, 0.15) is 4.99 Å². The van der Waals surface area contributed by atoms with E-state index in [1.54, 1.807) is 0 Å². The number of aryl methyl sites for hydroxylation is 1. The lowest BCUT2D eigenvalue weighted by Gasteiger charge is -2.21. The lowest BCUT2D eigenvalue weighted by Crippen LogP contribution is -2.25. The SMILES string of the molecule is CCN(Cc1ccc(C(N)=S)cc1C)C1CC1. The molecule has 0 saturated heterocycles. The van der Waals surface area contributed by atoms with Crippen LogP contribution in [0.2, 0.25) is 0 Å². The van der Waals surface area contributed by atoms with E-state index in [-0.39, 0.29) is 0 Å². The van der Waals surface area contributed by atoms with Crippen LogP contribution >= 0.6 is 12.2 Å². The first-order chi connectivity index (χ1) is 8.11. The minimum absolute atomic E-state index is 0.481. The van der Waals surface area contributed by atoms with Crippen LogP contribution < -0.4 is 5.73 Å². The van der Waals surface area contributed by atoms with Gasteiger partial charge in [-0.05, 0) is 43.5 Å². The molecule has 92 valence electrons. The Morgan fingerprint density at radius 3 is 2.65 bits per heavy atom. The molecule has 1 fully saturated rings. The van der Waals surface area contributed by atoms with Crippen LogP contribution in [0.4, 0.5) is 0 Å². The van der Waals surface area contributed by atoms with E-state index in [2.05, 4.69) is 30.9 Å². The molecule has 0 unspecified atom stereocenters. The molecule has 2 N–H and O–H groups in total. The summed E-state index contributed by atoms with van der Waals surface area (Å²) in [4.78, 5) is 3.03. The minimum atomic E-state index is 0.481. The summed E-state index contributed by atoms with van der Waals surface area (Å²) in [6, 6.07) is 7.10. The lowest BCUT2D eigenvalue weighted by molar-refractivity contribution is 0.269. The van der Waals surface area contributed by atoms with Crippen LogP contribution in [0.5, 0.6) is 0 Å². The molecule has 0 radical (unpaired) electrons. The van der Waals surface area contributed by atoms with Crippen molar-refractivity contribution in [3.05, 3.63) is 34.9 Å². The van der Waals surface area contributed by atoms with Crippen LogP contribution in [-0.2, 0) is 6.54 Å². The fourth-order valence-electron chi connectivity index (χ4n) is 2.18. The van der Waals surface area contributed by atoms with Crippen LogP contribution in [0.1, 0.15) is 36.5 Å². The molecule has 1 aliphatic rings. The Labute approximate surface area is 109 Å². The number of hydrogen-bond donors (Lipinski definition) is 1. The zero-order valence-corrected chi connectivity index (χ0v) is 11.4. The summed E-state index contributed by atoms with van der Waals surface area (Å²) in [7, 11) is 0. The molecular weight excluding hydrogens is 228 g/mol. The molecule has 1 aromatic rings. The Hall–Kier alpha value is -0.930. The van der Waals surface area contributed by atoms with Gasteiger partial charge >= 0.3 is 0 Å². The Bertz CT molecular complexity index is 424. The van der Waals surface area contributed by atoms with Crippen molar-refractivity contribution in [2.24, 2.45) is 5.73 Å². The van der Waals surface area contributed by atoms with E-state index in [0.717, 1.165) is 24.7 Å². The first kappa shape index (κ1) is 12.5. The Balaban J connectivity index is 2.12. The average molecular weight is 248 g/mol. The molecule has 0 atom stereocenters. The predicted molar refractivity (Wildman–Crippen MR) is 76.2 cm³/mol. The maximum absolute atomic E-state index is 5.64. The number of hydrogen-bond acceptors (Lipinski definition) is 2. The summed E-state index contributed by atoms with van der Waals surface area (Å²) in [5.41, 5.74) is 9.28. The lowest BCUT2D eigenvalue weighted by atomic mass is 10.0. The average Bonchev–Trinajstić information content (AvgIpc) is 3.11. The van der Waals surface area contributed by atoms with Crippen LogP contribution in [-0.4, -0.2) is 22.5 Å². The third kappa shape index (κ3) is 3.05. The molecule has 0 bridgehead atoms. The van der Waals surface area contributed by atoms with E-state index in [0.29, 0.717) is 4.99 Å². The molecule has 0 aliphatic heterocycles. The molecule has 0 amide bonds. The van der Waals surface area contributed by atoms with Crippen LogP contribution in [0.25, 0.3) is 0 Å². The topological polar surface area (TPSA) is 29.3 Å². The quantitative estimate of drug-likeness (QED) is 0.812. The molecule has 2 rings (SSSR count). The van der Waals surface area contributed by atoms with E-state index >= 15 is 0 Å². The van der Waals surface area contributed by atoms with Gasteiger partial charge < -0.3 is 5.73 Å². The summed E-state index contributed by atoms with van der Waals surface area (Å²) >= 11 is 4.99. The van der Waals surface area contributed by atoms with Crippen molar-refractivity contribution in [2.45, 2.75) is 39.3 Å². The summed E-state index contributed by atoms with van der Waals surface area (Å²) in [5, 5.41) is 0. The largest absolute Gasteiger partial charge is 0.389 e. The van der Waals surface area contributed by atoms with Crippen LogP contribution in [0, 0.1) is 6.92 Å². The van der Waals surface area contributed by atoms with Crippen molar-refractivity contribution in [2.75, 3.05) is 6.54 Å². The Morgan fingerprint density at radius 2 is 2.18 bits per heavy atom. The van der Waals surface area contributed by atoms with E-state index in [4.69, 9.17) is 18.0 Å². The van der Waals surface area contributed by atoms with E-state index < -0.39 is 0 Å². The van der Waals surface area contributed by atoms with Crippen molar-refractivity contribution in [3.63, 3.8) is 0 Å². The predicted octanol–water partition coefficient (Wildman–Crippen LogP) is 2.61. The highest BCUT2D eigenvalue weighted by molar-refractivity contribution is 7.80. The summed E-state index contributed by atoms with van der Waals surface area (Å²) in [5.74, 6) is 0. The molecular formula is C14H20N2S. The molecule has 0 heterocycles. The van der Waals surface area contributed by atoms with Gasteiger partial charge in [-0.1, -0.05) is 31.3 Å². The first-order valence-electron chi connectivity index (χ1n) is 6.25. The Morgan fingerprint density at radius 1 is 1.47 bits per heavy atom. The van der Waals surface area contributed by atoms with Crippen LogP contribution in [0.3, 0.4) is 0 Å². The number of benzene rings is 1. The zero-order chi connectivity index (χ0) is 12.4. The molecule has 0 spiro atoms. The van der Waals surface area contributed by atoms with Crippen molar-refractivity contribution in [1.29, 1.82) is 0 Å². The van der Waals surface area contributed by atoms with Gasteiger partial charge in [0.05, 0.1) is 0 Å². The second-order valence-electron chi connectivity index (χ2n) is 4.80. The normalized spacial score (nSPS) is 15.2. The standard InChI is InChI=1S/C14H20N2S/c1-3-16(13-6-7-13)9-12-5-4-11(14(15)17)8-10(12)2/h4-5,8,13H,3,6-7,9H2,1-2H3,(H2,15,17). The highest BCUT2D eigenvalue weighted by Gasteiger charge is 2.27. The number of nitrogens with two attached hydrogens (primary N) is 1. The summed E-state index contributed by atoms with van der Waals surface area (Å²) in [6.45, 7) is 6.54. The second-order valence-corrected chi connectivity index (χ2v) is 5.24. The fraction of sp³-hybridized carbons (Fsp3) is 0.500. The Kier molecular flexibility index (Phi) is 3.79. The first-order valence-corrected chi connectivity index (χ1v) is 6.66. The third-order valence-electron chi connectivity index (χ3n) is 3.47. The molecule has 3 heteroatoms. The maximum Gasteiger partial charge on any atom is 0.103 e. The van der Waals surface area contributed by atoms with E-state index in [9.17, 15) is 0 Å². The van der Waals surface area contributed by atoms with Crippen molar-refractivity contribution >= 4 is 17.2 Å². The second kappa shape index (κ2) is 5.15. The zero-order valence-electron chi connectivity index (χ0n) is 10.6. The van der Waals surface area contributed by atoms with Gasteiger partial charge in [-0.25, -0.2) is 0 Å². The van der Waals surface area contributed by atoms with Gasteiger partial charge in [-0.15, -0.1) is 0 Å². The smallest absolute Gasteiger partial charge is 0.103 e. The van der Waals surface area contributed by atoms with Crippen molar-refractivity contribution in [3.8, 4) is 0 Å². The number of nitrogens with zero attached hydrogens (tertiary/aromatic N) is 1. The van der Waals surface area contributed by atoms with Gasteiger partial charge in [0.25, 0.3) is 0 Å². The molecule has 1 aliphatic carbocycles. The molecule has 2 nitrogen and oxygen atoms in total. The van der Waals surface area contributed by atoms with Crippen molar-refractivity contribution < 1.29 is 0 Å². The van der Waals surface area contributed by atoms with Crippen molar-refractivity contribution in [1.82, 2.24) is 4.90 Å². The number of rotatable bonds is 5. The van der Waals surface area contributed by atoms with Gasteiger partial charge in [-0.2, -0.15) is 0 Å². The highest BCUT2D eigenvalue weighted by Crippen LogP contribution is 2.28. The monoisotopic (exact) mass is 248 g/mol. The maximum atomic E-state index is 5.64. The molecule has 1 saturated carbocycles. The molecule has 0 aromatic heterocycles. The molecule has 1 aromatic carbocycles. The minimum Gasteiger partial charge on any atom is -0.389 e. The fourth-order valence-corrected chi connectivity index (χ4v) is 2.31. The third-order valence-corrected chi connectivity index (χ3v) is 3.71. The molecule has 17 heavy (non-hydrogen) atoms. The van der Waals surface area contributed by atoms with Gasteiger partial charge in [0.15, 0.2) is 0 Å².